The number of benzene rings is 2. The molecule has 2 rings (SSSR count). The highest BCUT2D eigenvalue weighted by atomic mass is 79.9. The van der Waals surface area contributed by atoms with Crippen molar-refractivity contribution in [1.82, 2.24) is 0 Å². The molecule has 1 N–H and O–H groups in total. The monoisotopic (exact) mass is 310 g/mol. The van der Waals surface area contributed by atoms with Crippen LogP contribution in [0.1, 0.15) is 18.6 Å². The van der Waals surface area contributed by atoms with E-state index >= 15 is 0 Å². The second-order valence-corrected chi connectivity index (χ2v) is 4.75. The molecule has 0 heterocycles. The summed E-state index contributed by atoms with van der Waals surface area (Å²) in [7, 11) is 0. The minimum atomic E-state index is -0.697. The highest BCUT2D eigenvalue weighted by Crippen LogP contribution is 2.31. The van der Waals surface area contributed by atoms with Gasteiger partial charge in [0.1, 0.15) is 5.75 Å². The molecule has 0 bridgehead atoms. The second-order valence-electron chi connectivity index (χ2n) is 3.90. The highest BCUT2D eigenvalue weighted by Gasteiger charge is 2.10. The van der Waals surface area contributed by atoms with Crippen molar-refractivity contribution < 1.29 is 14.2 Å². The van der Waals surface area contributed by atoms with Crippen molar-refractivity contribution in [2.45, 2.75) is 13.0 Å². The maximum Gasteiger partial charge on any atom is 0.166 e. The van der Waals surface area contributed by atoms with Gasteiger partial charge < -0.3 is 9.84 Å². The van der Waals surface area contributed by atoms with Gasteiger partial charge in [-0.05, 0) is 52.7 Å². The summed E-state index contributed by atoms with van der Waals surface area (Å²) < 4.78 is 20.0. The van der Waals surface area contributed by atoms with E-state index in [-0.39, 0.29) is 5.75 Å². The van der Waals surface area contributed by atoms with Gasteiger partial charge in [-0.3, -0.25) is 0 Å². The maximum absolute atomic E-state index is 13.8. The van der Waals surface area contributed by atoms with E-state index in [0.29, 0.717) is 11.3 Å². The summed E-state index contributed by atoms with van der Waals surface area (Å²) in [4.78, 5) is 0. The first-order valence-corrected chi connectivity index (χ1v) is 6.27. The Labute approximate surface area is 113 Å². The summed E-state index contributed by atoms with van der Waals surface area (Å²) in [5.74, 6) is 0.177. The SMILES string of the molecule is CC(O)c1ccc(Oc2ccccc2Br)c(F)c1. The van der Waals surface area contributed by atoms with Gasteiger partial charge >= 0.3 is 0 Å². The van der Waals surface area contributed by atoms with Crippen molar-refractivity contribution >= 4 is 15.9 Å². The zero-order chi connectivity index (χ0) is 13.1. The molecule has 0 amide bonds. The Kier molecular flexibility index (Phi) is 3.99. The third-order valence-corrected chi connectivity index (χ3v) is 3.15. The second kappa shape index (κ2) is 5.50. The number of rotatable bonds is 3. The van der Waals surface area contributed by atoms with Crippen molar-refractivity contribution in [3.8, 4) is 11.5 Å². The Morgan fingerprint density at radius 2 is 1.89 bits per heavy atom. The standard InChI is InChI=1S/C14H12BrFO2/c1-9(17)10-6-7-14(12(16)8-10)18-13-5-3-2-4-11(13)15/h2-9,17H,1H3. The van der Waals surface area contributed by atoms with Crippen molar-refractivity contribution in [2.75, 3.05) is 0 Å². The van der Waals surface area contributed by atoms with Crippen LogP contribution in [0.5, 0.6) is 11.5 Å². The minimum absolute atomic E-state index is 0.131. The van der Waals surface area contributed by atoms with E-state index in [1.165, 1.54) is 12.1 Å². The normalized spacial score (nSPS) is 12.2. The van der Waals surface area contributed by atoms with Crippen molar-refractivity contribution in [1.29, 1.82) is 0 Å². The summed E-state index contributed by atoms with van der Waals surface area (Å²) in [6, 6.07) is 11.6. The van der Waals surface area contributed by atoms with Gasteiger partial charge in [0.15, 0.2) is 11.6 Å². The van der Waals surface area contributed by atoms with Crippen LogP contribution in [0.3, 0.4) is 0 Å². The molecule has 0 spiro atoms. The minimum Gasteiger partial charge on any atom is -0.453 e. The van der Waals surface area contributed by atoms with Crippen LogP contribution in [-0.4, -0.2) is 5.11 Å². The van der Waals surface area contributed by atoms with Crippen molar-refractivity contribution in [2.24, 2.45) is 0 Å². The Morgan fingerprint density at radius 3 is 2.50 bits per heavy atom. The molecular formula is C14H12BrFO2. The van der Waals surface area contributed by atoms with Gasteiger partial charge in [-0.25, -0.2) is 4.39 Å². The number of halogens is 2. The molecule has 18 heavy (non-hydrogen) atoms. The van der Waals surface area contributed by atoms with E-state index in [1.807, 2.05) is 18.2 Å². The van der Waals surface area contributed by atoms with E-state index in [9.17, 15) is 9.50 Å². The van der Waals surface area contributed by atoms with Gasteiger partial charge in [-0.1, -0.05) is 18.2 Å². The molecule has 0 aliphatic rings. The summed E-state index contributed by atoms with van der Waals surface area (Å²) in [5, 5.41) is 9.36. The molecule has 94 valence electrons. The molecule has 0 aliphatic heterocycles. The van der Waals surface area contributed by atoms with Crippen LogP contribution < -0.4 is 4.74 Å². The third kappa shape index (κ3) is 2.89. The molecule has 0 saturated heterocycles. The summed E-state index contributed by atoms with van der Waals surface area (Å²) >= 11 is 3.33. The predicted molar refractivity (Wildman–Crippen MR) is 71.2 cm³/mol. The van der Waals surface area contributed by atoms with Crippen LogP contribution >= 0.6 is 15.9 Å². The van der Waals surface area contributed by atoms with Gasteiger partial charge in [-0.15, -0.1) is 0 Å². The van der Waals surface area contributed by atoms with E-state index < -0.39 is 11.9 Å². The maximum atomic E-state index is 13.8. The molecule has 4 heteroatoms. The average Bonchev–Trinajstić information content (AvgIpc) is 2.34. The molecule has 0 aliphatic carbocycles. The molecular weight excluding hydrogens is 299 g/mol. The zero-order valence-electron chi connectivity index (χ0n) is 9.73. The highest BCUT2D eigenvalue weighted by molar-refractivity contribution is 9.10. The largest absolute Gasteiger partial charge is 0.453 e. The first-order chi connectivity index (χ1) is 8.58. The van der Waals surface area contributed by atoms with E-state index in [0.717, 1.165) is 4.47 Å². The fourth-order valence-corrected chi connectivity index (χ4v) is 1.87. The first-order valence-electron chi connectivity index (χ1n) is 5.48. The van der Waals surface area contributed by atoms with Gasteiger partial charge in [0.05, 0.1) is 10.6 Å². The van der Waals surface area contributed by atoms with Crippen LogP contribution in [-0.2, 0) is 0 Å². The predicted octanol–water partition coefficient (Wildman–Crippen LogP) is 4.43. The van der Waals surface area contributed by atoms with Crippen molar-refractivity contribution in [3.05, 3.63) is 58.3 Å². The van der Waals surface area contributed by atoms with Gasteiger partial charge in [0, 0.05) is 0 Å². The van der Waals surface area contributed by atoms with E-state index in [1.54, 1.807) is 19.1 Å². The number of aliphatic hydroxyl groups is 1. The molecule has 0 aromatic heterocycles. The fraction of sp³-hybridized carbons (Fsp3) is 0.143. The summed E-state index contributed by atoms with van der Waals surface area (Å²) in [5.41, 5.74) is 0.520. The van der Waals surface area contributed by atoms with Crippen molar-refractivity contribution in [3.63, 3.8) is 0 Å². The van der Waals surface area contributed by atoms with E-state index in [2.05, 4.69) is 15.9 Å². The molecule has 2 aromatic rings. The first kappa shape index (κ1) is 13.1. The lowest BCUT2D eigenvalue weighted by molar-refractivity contribution is 0.198. The fourth-order valence-electron chi connectivity index (χ4n) is 1.51. The number of para-hydroxylation sites is 1. The smallest absolute Gasteiger partial charge is 0.166 e. The average molecular weight is 311 g/mol. The third-order valence-electron chi connectivity index (χ3n) is 2.49. The summed E-state index contributed by atoms with van der Waals surface area (Å²) in [6.07, 6.45) is -0.697. The molecule has 2 nitrogen and oxygen atoms in total. The molecule has 1 atom stereocenters. The lowest BCUT2D eigenvalue weighted by Gasteiger charge is -2.10. The van der Waals surface area contributed by atoms with Crippen LogP contribution in [0.15, 0.2) is 46.9 Å². The molecule has 0 radical (unpaired) electrons. The lowest BCUT2D eigenvalue weighted by atomic mass is 10.1. The van der Waals surface area contributed by atoms with Crippen LogP contribution in [0.25, 0.3) is 0 Å². The van der Waals surface area contributed by atoms with Gasteiger partial charge in [-0.2, -0.15) is 0 Å². The Hall–Kier alpha value is -1.39. The topological polar surface area (TPSA) is 29.5 Å². The molecule has 2 aromatic carbocycles. The van der Waals surface area contributed by atoms with Gasteiger partial charge in [0.2, 0.25) is 0 Å². The van der Waals surface area contributed by atoms with E-state index in [4.69, 9.17) is 4.74 Å². The van der Waals surface area contributed by atoms with Crippen LogP contribution in [0.2, 0.25) is 0 Å². The Morgan fingerprint density at radius 1 is 1.17 bits per heavy atom. The summed E-state index contributed by atoms with van der Waals surface area (Å²) in [6.45, 7) is 1.59. The number of aliphatic hydroxyl groups excluding tert-OH is 1. The quantitative estimate of drug-likeness (QED) is 0.908. The number of hydrogen-bond donors (Lipinski definition) is 1. The Bertz CT molecular complexity index is 555. The number of ether oxygens (including phenoxy) is 1. The van der Waals surface area contributed by atoms with Crippen LogP contribution in [0.4, 0.5) is 4.39 Å². The van der Waals surface area contributed by atoms with Gasteiger partial charge in [0.25, 0.3) is 0 Å². The lowest BCUT2D eigenvalue weighted by Crippen LogP contribution is -1.94. The molecule has 0 fully saturated rings. The van der Waals surface area contributed by atoms with Crippen LogP contribution in [0, 0.1) is 5.82 Å². The zero-order valence-corrected chi connectivity index (χ0v) is 11.3. The molecule has 0 saturated carbocycles. The molecule has 1 unspecified atom stereocenters. The Balaban J connectivity index is 2.28. The number of hydrogen-bond acceptors (Lipinski definition) is 2.